The van der Waals surface area contributed by atoms with E-state index in [1.165, 1.54) is 18.3 Å². The first kappa shape index (κ1) is 21.4. The average molecular weight is 426 g/mol. The fourth-order valence-electron chi connectivity index (χ4n) is 2.81. The zero-order valence-electron chi connectivity index (χ0n) is 16.0. The Morgan fingerprint density at radius 3 is 2.48 bits per heavy atom. The molecule has 31 heavy (non-hydrogen) atoms. The van der Waals surface area contributed by atoms with Crippen molar-refractivity contribution in [3.05, 3.63) is 57.6 Å². The van der Waals surface area contributed by atoms with Crippen molar-refractivity contribution in [2.24, 2.45) is 0 Å². The van der Waals surface area contributed by atoms with Gasteiger partial charge >= 0.3 is 11.9 Å². The van der Waals surface area contributed by atoms with Crippen molar-refractivity contribution in [2.75, 3.05) is 5.73 Å². The number of aliphatic carboxylic acids is 2. The Morgan fingerprint density at radius 2 is 1.84 bits per heavy atom. The van der Waals surface area contributed by atoms with Gasteiger partial charge in [-0.1, -0.05) is 12.1 Å². The highest BCUT2D eigenvalue weighted by atomic mass is 16.4. The van der Waals surface area contributed by atoms with E-state index in [0.717, 1.165) is 5.56 Å². The van der Waals surface area contributed by atoms with Gasteiger partial charge in [-0.15, -0.1) is 0 Å². The van der Waals surface area contributed by atoms with Crippen molar-refractivity contribution >= 4 is 35.0 Å². The van der Waals surface area contributed by atoms with Crippen LogP contribution in [0.4, 0.5) is 5.95 Å². The van der Waals surface area contributed by atoms with E-state index in [2.05, 4.69) is 25.3 Å². The van der Waals surface area contributed by atoms with Crippen molar-refractivity contribution < 1.29 is 24.6 Å². The van der Waals surface area contributed by atoms with Gasteiger partial charge in [0.2, 0.25) is 5.95 Å². The normalized spacial score (nSPS) is 11.7. The second-order valence-electron chi connectivity index (χ2n) is 6.66. The Bertz CT molecular complexity index is 1210. The lowest BCUT2D eigenvalue weighted by molar-refractivity contribution is -0.140. The molecule has 3 aromatic rings. The third kappa shape index (κ3) is 5.38. The summed E-state index contributed by atoms with van der Waals surface area (Å²) in [5, 5.41) is 20.1. The Morgan fingerprint density at radius 1 is 1.13 bits per heavy atom. The summed E-state index contributed by atoms with van der Waals surface area (Å²) < 4.78 is 0. The third-order valence-corrected chi connectivity index (χ3v) is 4.34. The molecular weight excluding hydrogens is 408 g/mol. The molecule has 12 nitrogen and oxygen atoms in total. The van der Waals surface area contributed by atoms with Crippen LogP contribution in [0.15, 0.2) is 35.3 Å². The molecule has 0 aliphatic heterocycles. The number of amides is 1. The predicted molar refractivity (Wildman–Crippen MR) is 107 cm³/mol. The van der Waals surface area contributed by atoms with E-state index >= 15 is 0 Å². The van der Waals surface area contributed by atoms with E-state index < -0.39 is 29.4 Å². The SMILES string of the molecule is Nc1nc2ncc(Cc3ccc(C(=O)NC(CCC(=O)O)C(=O)O)cc3)nc2c(=O)[nH]1. The molecule has 1 aromatic carbocycles. The summed E-state index contributed by atoms with van der Waals surface area (Å²) in [5.41, 5.74) is 6.65. The summed E-state index contributed by atoms with van der Waals surface area (Å²) >= 11 is 0. The molecule has 0 saturated carbocycles. The Balaban J connectivity index is 1.70. The predicted octanol–water partition coefficient (Wildman–Crippen LogP) is -0.0661. The van der Waals surface area contributed by atoms with Gasteiger partial charge in [0, 0.05) is 18.4 Å². The number of carbonyl (C=O) groups is 3. The minimum atomic E-state index is -1.31. The molecule has 6 N–H and O–H groups in total. The summed E-state index contributed by atoms with van der Waals surface area (Å²) in [6, 6.07) is 5.00. The summed E-state index contributed by atoms with van der Waals surface area (Å²) in [4.78, 5) is 60.7. The molecule has 0 aliphatic carbocycles. The molecule has 1 amide bonds. The summed E-state index contributed by atoms with van der Waals surface area (Å²) in [5.74, 6) is -3.15. The van der Waals surface area contributed by atoms with Crippen molar-refractivity contribution in [1.29, 1.82) is 0 Å². The zero-order chi connectivity index (χ0) is 22.5. The topological polar surface area (TPSA) is 201 Å². The third-order valence-electron chi connectivity index (χ3n) is 4.34. The number of carbonyl (C=O) groups excluding carboxylic acids is 1. The van der Waals surface area contributed by atoms with Crippen LogP contribution >= 0.6 is 0 Å². The van der Waals surface area contributed by atoms with E-state index in [9.17, 15) is 19.2 Å². The van der Waals surface area contributed by atoms with Crippen LogP contribution in [-0.2, 0) is 16.0 Å². The van der Waals surface area contributed by atoms with Crippen LogP contribution in [0.1, 0.15) is 34.5 Å². The van der Waals surface area contributed by atoms with Crippen LogP contribution < -0.4 is 16.6 Å². The molecule has 3 rings (SSSR count). The smallest absolute Gasteiger partial charge is 0.326 e. The first-order chi connectivity index (χ1) is 14.7. The Kier molecular flexibility index (Phi) is 6.19. The summed E-state index contributed by atoms with van der Waals surface area (Å²) in [6.45, 7) is 0. The number of nitrogens with one attached hydrogen (secondary N) is 2. The van der Waals surface area contributed by atoms with Gasteiger partial charge in [0.15, 0.2) is 11.2 Å². The van der Waals surface area contributed by atoms with Gasteiger partial charge in [0.05, 0.1) is 11.9 Å². The van der Waals surface area contributed by atoms with Gasteiger partial charge in [-0.25, -0.2) is 14.8 Å². The number of nitrogens with zero attached hydrogens (tertiary/aromatic N) is 3. The lowest BCUT2D eigenvalue weighted by Crippen LogP contribution is -2.41. The molecule has 1 unspecified atom stereocenters. The van der Waals surface area contributed by atoms with Crippen LogP contribution in [0.2, 0.25) is 0 Å². The molecule has 1 atom stereocenters. The highest BCUT2D eigenvalue weighted by molar-refractivity contribution is 5.96. The minimum absolute atomic E-state index is 0.0542. The fraction of sp³-hybridized carbons (Fsp3) is 0.211. The maximum absolute atomic E-state index is 12.3. The van der Waals surface area contributed by atoms with Gasteiger partial charge in [0.25, 0.3) is 11.5 Å². The molecule has 2 aromatic heterocycles. The van der Waals surface area contributed by atoms with E-state index in [4.69, 9.17) is 15.9 Å². The summed E-state index contributed by atoms with van der Waals surface area (Å²) in [6.07, 6.45) is 1.18. The second-order valence-corrected chi connectivity index (χ2v) is 6.66. The lowest BCUT2D eigenvalue weighted by Gasteiger charge is -2.13. The quantitative estimate of drug-likeness (QED) is 0.324. The minimum Gasteiger partial charge on any atom is -0.481 e. The first-order valence-electron chi connectivity index (χ1n) is 9.08. The molecule has 12 heteroatoms. The van der Waals surface area contributed by atoms with E-state index in [1.807, 2.05) is 0 Å². The van der Waals surface area contributed by atoms with Gasteiger partial charge in [-0.3, -0.25) is 19.4 Å². The molecule has 2 heterocycles. The number of H-pyrrole nitrogens is 1. The standard InChI is InChI=1S/C19H18N6O6/c20-19-24-15-14(17(29)25-19)22-11(8-21-15)7-9-1-3-10(4-2-9)16(28)23-12(18(30)31)5-6-13(26)27/h1-4,8,12H,5-7H2,(H,23,28)(H,26,27)(H,30,31)(H3,20,21,24,25,29). The van der Waals surface area contributed by atoms with Gasteiger partial charge in [0.1, 0.15) is 6.04 Å². The largest absolute Gasteiger partial charge is 0.481 e. The molecule has 0 bridgehead atoms. The number of hydrogen-bond donors (Lipinski definition) is 5. The first-order valence-corrected chi connectivity index (χ1v) is 9.08. The van der Waals surface area contributed by atoms with Crippen molar-refractivity contribution in [3.63, 3.8) is 0 Å². The maximum Gasteiger partial charge on any atom is 0.326 e. The highest BCUT2D eigenvalue weighted by Gasteiger charge is 2.21. The number of anilines is 1. The number of carboxylic acids is 2. The number of nitrogens with two attached hydrogens (primary N) is 1. The van der Waals surface area contributed by atoms with E-state index in [1.54, 1.807) is 12.1 Å². The molecule has 0 saturated heterocycles. The zero-order valence-corrected chi connectivity index (χ0v) is 16.0. The van der Waals surface area contributed by atoms with Gasteiger partial charge < -0.3 is 21.3 Å². The van der Waals surface area contributed by atoms with Crippen LogP contribution in [0.5, 0.6) is 0 Å². The fourth-order valence-corrected chi connectivity index (χ4v) is 2.81. The van der Waals surface area contributed by atoms with Crippen LogP contribution in [-0.4, -0.2) is 54.0 Å². The van der Waals surface area contributed by atoms with Crippen LogP contribution in [0.3, 0.4) is 0 Å². The van der Waals surface area contributed by atoms with Crippen molar-refractivity contribution in [3.8, 4) is 0 Å². The lowest BCUT2D eigenvalue weighted by atomic mass is 10.1. The van der Waals surface area contributed by atoms with E-state index in [-0.39, 0.29) is 35.5 Å². The van der Waals surface area contributed by atoms with Crippen LogP contribution in [0, 0.1) is 0 Å². The highest BCUT2D eigenvalue weighted by Crippen LogP contribution is 2.11. The van der Waals surface area contributed by atoms with Crippen molar-refractivity contribution in [2.45, 2.75) is 25.3 Å². The molecule has 0 aliphatic rings. The number of aromatic nitrogens is 4. The molecular formula is C19H18N6O6. The maximum atomic E-state index is 12.3. The summed E-state index contributed by atoms with van der Waals surface area (Å²) in [7, 11) is 0. The Hall–Kier alpha value is -4.35. The average Bonchev–Trinajstić information content (AvgIpc) is 2.71. The Labute approximate surface area is 174 Å². The molecule has 160 valence electrons. The second kappa shape index (κ2) is 8.98. The number of benzene rings is 1. The number of rotatable bonds is 8. The molecule has 0 fully saturated rings. The monoisotopic (exact) mass is 426 g/mol. The van der Waals surface area contributed by atoms with Crippen molar-refractivity contribution in [1.82, 2.24) is 25.3 Å². The van der Waals surface area contributed by atoms with E-state index in [0.29, 0.717) is 12.1 Å². The number of hydrogen-bond acceptors (Lipinski definition) is 8. The van der Waals surface area contributed by atoms with Gasteiger partial charge in [-0.2, -0.15) is 4.98 Å². The number of carboxylic acid groups (broad SMARTS) is 2. The van der Waals surface area contributed by atoms with Gasteiger partial charge in [-0.05, 0) is 24.1 Å². The number of fused-ring (bicyclic) bond motifs is 1. The van der Waals surface area contributed by atoms with Crippen LogP contribution in [0.25, 0.3) is 11.2 Å². The number of nitrogen functional groups attached to an aromatic ring is 1. The number of aromatic amines is 1. The molecule has 0 spiro atoms. The molecule has 0 radical (unpaired) electrons.